The van der Waals surface area contributed by atoms with Crippen LogP contribution in [0.1, 0.15) is 23.4 Å². The summed E-state index contributed by atoms with van der Waals surface area (Å²) in [6, 6.07) is 5.37. The lowest BCUT2D eigenvalue weighted by Crippen LogP contribution is -2.21. The highest BCUT2D eigenvalue weighted by Crippen LogP contribution is 2.18. The van der Waals surface area contributed by atoms with Crippen molar-refractivity contribution in [3.05, 3.63) is 41.3 Å². The highest BCUT2D eigenvalue weighted by Gasteiger charge is 2.13. The van der Waals surface area contributed by atoms with E-state index >= 15 is 0 Å². The Kier molecular flexibility index (Phi) is 6.65. The fourth-order valence-electron chi connectivity index (χ4n) is 2.22. The predicted octanol–water partition coefficient (Wildman–Crippen LogP) is 3.01. The van der Waals surface area contributed by atoms with Crippen molar-refractivity contribution in [2.75, 3.05) is 11.9 Å². The van der Waals surface area contributed by atoms with E-state index in [1.807, 2.05) is 0 Å². The first-order chi connectivity index (χ1) is 12.3. The van der Waals surface area contributed by atoms with E-state index < -0.39 is 25.1 Å². The fourth-order valence-corrected chi connectivity index (χ4v) is 2.22. The number of ether oxygens (including phenoxy) is 2. The maximum absolute atomic E-state index is 12.1. The van der Waals surface area contributed by atoms with Gasteiger partial charge < -0.3 is 19.3 Å². The van der Waals surface area contributed by atoms with E-state index in [0.29, 0.717) is 23.6 Å². The van der Waals surface area contributed by atoms with Crippen LogP contribution >= 0.6 is 0 Å². The van der Waals surface area contributed by atoms with Crippen molar-refractivity contribution in [1.82, 2.24) is 5.16 Å². The van der Waals surface area contributed by atoms with Crippen molar-refractivity contribution in [3.8, 4) is 5.75 Å². The van der Waals surface area contributed by atoms with Crippen LogP contribution in [-0.4, -0.2) is 30.3 Å². The lowest BCUT2D eigenvalue weighted by Gasteiger charge is -2.08. The second-order valence-corrected chi connectivity index (χ2v) is 5.41. The van der Waals surface area contributed by atoms with Gasteiger partial charge in [-0.25, -0.2) is 0 Å². The van der Waals surface area contributed by atoms with Crippen LogP contribution in [0.2, 0.25) is 0 Å². The molecule has 140 valence electrons. The smallest absolute Gasteiger partial charge is 0.387 e. The van der Waals surface area contributed by atoms with Gasteiger partial charge in [0.2, 0.25) is 0 Å². The number of nitrogens with one attached hydrogen (secondary N) is 1. The van der Waals surface area contributed by atoms with Crippen molar-refractivity contribution < 1.29 is 32.4 Å². The molecule has 0 aliphatic rings. The lowest BCUT2D eigenvalue weighted by atomic mass is 10.1. The van der Waals surface area contributed by atoms with Crippen LogP contribution in [0.25, 0.3) is 0 Å². The summed E-state index contributed by atoms with van der Waals surface area (Å²) in [5.41, 5.74) is 1.92. The van der Waals surface area contributed by atoms with Gasteiger partial charge in [-0.2, -0.15) is 8.78 Å². The van der Waals surface area contributed by atoms with Crippen LogP contribution < -0.4 is 10.1 Å². The van der Waals surface area contributed by atoms with Crippen LogP contribution in [0.3, 0.4) is 0 Å². The van der Waals surface area contributed by atoms with Crippen molar-refractivity contribution in [2.24, 2.45) is 0 Å². The van der Waals surface area contributed by atoms with Crippen molar-refractivity contribution in [2.45, 2.75) is 33.3 Å². The largest absolute Gasteiger partial charge is 0.456 e. The molecular weight excluding hydrogens is 350 g/mol. The molecule has 1 amide bonds. The fraction of sp³-hybridized carbons (Fsp3) is 0.353. The minimum Gasteiger partial charge on any atom is -0.456 e. The molecule has 9 heteroatoms. The van der Waals surface area contributed by atoms with E-state index in [1.54, 1.807) is 13.8 Å². The predicted molar refractivity (Wildman–Crippen MR) is 87.0 cm³/mol. The third kappa shape index (κ3) is 5.83. The summed E-state index contributed by atoms with van der Waals surface area (Å²) < 4.78 is 38.2. The van der Waals surface area contributed by atoms with E-state index in [2.05, 4.69) is 15.2 Å². The summed E-state index contributed by atoms with van der Waals surface area (Å²) >= 11 is 0. The van der Waals surface area contributed by atoms with Gasteiger partial charge in [-0.05, 0) is 44.5 Å². The number of hydrogen-bond acceptors (Lipinski definition) is 6. The van der Waals surface area contributed by atoms with Gasteiger partial charge in [0.25, 0.3) is 5.91 Å². The molecule has 1 aromatic carbocycles. The van der Waals surface area contributed by atoms with Crippen molar-refractivity contribution in [1.29, 1.82) is 0 Å². The molecule has 0 bridgehead atoms. The molecule has 1 heterocycles. The summed E-state index contributed by atoms with van der Waals surface area (Å²) in [4.78, 5) is 23.5. The Labute approximate surface area is 148 Å². The number of benzene rings is 1. The Hall–Kier alpha value is -2.97. The number of halogens is 2. The second-order valence-electron chi connectivity index (χ2n) is 5.41. The van der Waals surface area contributed by atoms with E-state index in [9.17, 15) is 18.4 Å². The molecule has 26 heavy (non-hydrogen) atoms. The minimum absolute atomic E-state index is 0.0243. The zero-order valence-corrected chi connectivity index (χ0v) is 14.3. The summed E-state index contributed by atoms with van der Waals surface area (Å²) in [6.07, 6.45) is 0.503. The maximum Gasteiger partial charge on any atom is 0.387 e. The molecule has 0 atom stereocenters. The number of carbonyl (C=O) groups is 2. The molecule has 0 unspecified atom stereocenters. The van der Waals surface area contributed by atoms with Gasteiger partial charge in [0.1, 0.15) is 11.5 Å². The molecular formula is C17H18F2N2O5. The van der Waals surface area contributed by atoms with Crippen LogP contribution in [0.15, 0.2) is 28.8 Å². The third-order valence-corrected chi connectivity index (χ3v) is 3.49. The van der Waals surface area contributed by atoms with Crippen LogP contribution in [0.4, 0.5) is 14.5 Å². The standard InChI is InChI=1S/C17H18F2N2O5/c1-10-14(11(2)26-21-10)7-8-16(23)24-9-15(22)20-12-3-5-13(6-4-12)25-17(18)19/h3-6,17H,7-9H2,1-2H3,(H,20,22). The molecule has 0 spiro atoms. The number of aryl methyl sites for hydroxylation is 2. The number of carbonyl (C=O) groups excluding carboxylic acids is 2. The molecule has 2 aromatic rings. The highest BCUT2D eigenvalue weighted by molar-refractivity contribution is 5.92. The number of nitrogens with zero attached hydrogens (tertiary/aromatic N) is 1. The third-order valence-electron chi connectivity index (χ3n) is 3.49. The zero-order valence-electron chi connectivity index (χ0n) is 14.3. The number of esters is 1. The zero-order chi connectivity index (χ0) is 19.1. The van der Waals surface area contributed by atoms with Gasteiger partial charge in [0.05, 0.1) is 5.69 Å². The van der Waals surface area contributed by atoms with Crippen LogP contribution in [-0.2, 0) is 20.7 Å². The number of alkyl halides is 2. The van der Waals surface area contributed by atoms with E-state index in [0.717, 1.165) is 5.56 Å². The Bertz CT molecular complexity index is 740. The Morgan fingerprint density at radius 2 is 1.92 bits per heavy atom. The number of aromatic nitrogens is 1. The molecule has 0 aliphatic heterocycles. The summed E-state index contributed by atoms with van der Waals surface area (Å²) in [5.74, 6) is -0.449. The summed E-state index contributed by atoms with van der Waals surface area (Å²) in [7, 11) is 0. The summed E-state index contributed by atoms with van der Waals surface area (Å²) in [6.45, 7) is 0.171. The molecule has 0 saturated carbocycles. The lowest BCUT2D eigenvalue weighted by molar-refractivity contribution is -0.147. The van der Waals surface area contributed by atoms with Gasteiger partial charge in [0, 0.05) is 17.7 Å². The van der Waals surface area contributed by atoms with Gasteiger partial charge in [-0.3, -0.25) is 9.59 Å². The quantitative estimate of drug-likeness (QED) is 0.721. The number of rotatable bonds is 8. The SMILES string of the molecule is Cc1noc(C)c1CCC(=O)OCC(=O)Nc1ccc(OC(F)F)cc1. The van der Waals surface area contributed by atoms with Crippen LogP contribution in [0, 0.1) is 13.8 Å². The van der Waals surface area contributed by atoms with Crippen LogP contribution in [0.5, 0.6) is 5.75 Å². The second kappa shape index (κ2) is 8.93. The first kappa shape index (κ1) is 19.4. The summed E-state index contributed by atoms with van der Waals surface area (Å²) in [5, 5.41) is 6.28. The van der Waals surface area contributed by atoms with Gasteiger partial charge in [0.15, 0.2) is 6.61 Å². The average Bonchev–Trinajstić information content (AvgIpc) is 2.90. The normalized spacial score (nSPS) is 10.7. The van der Waals surface area contributed by atoms with Gasteiger partial charge in [-0.15, -0.1) is 0 Å². The number of anilines is 1. The Balaban J connectivity index is 1.73. The molecule has 0 saturated heterocycles. The maximum atomic E-state index is 12.1. The minimum atomic E-state index is -2.92. The first-order valence-electron chi connectivity index (χ1n) is 7.77. The molecule has 2 rings (SSSR count). The molecule has 0 radical (unpaired) electrons. The van der Waals surface area contributed by atoms with Gasteiger partial charge in [-0.1, -0.05) is 5.16 Å². The molecule has 0 aliphatic carbocycles. The highest BCUT2D eigenvalue weighted by atomic mass is 19.3. The van der Waals surface area contributed by atoms with Gasteiger partial charge >= 0.3 is 12.6 Å². The monoisotopic (exact) mass is 368 g/mol. The van der Waals surface area contributed by atoms with E-state index in [-0.39, 0.29) is 12.2 Å². The molecule has 0 fully saturated rings. The first-order valence-corrected chi connectivity index (χ1v) is 7.77. The van der Waals surface area contributed by atoms with Crippen molar-refractivity contribution >= 4 is 17.6 Å². The van der Waals surface area contributed by atoms with Crippen molar-refractivity contribution in [3.63, 3.8) is 0 Å². The van der Waals surface area contributed by atoms with E-state index in [4.69, 9.17) is 9.26 Å². The average molecular weight is 368 g/mol. The van der Waals surface area contributed by atoms with E-state index in [1.165, 1.54) is 24.3 Å². The number of hydrogen-bond donors (Lipinski definition) is 1. The Morgan fingerprint density at radius 1 is 1.23 bits per heavy atom. The molecule has 7 nitrogen and oxygen atoms in total. The topological polar surface area (TPSA) is 90.7 Å². The number of amides is 1. The molecule has 1 aromatic heterocycles. The molecule has 1 N–H and O–H groups in total. The Morgan fingerprint density at radius 3 is 2.50 bits per heavy atom.